The molecule has 1 rings (SSSR count). The first-order chi connectivity index (χ1) is 9.49. The maximum atomic E-state index is 12.4. The summed E-state index contributed by atoms with van der Waals surface area (Å²) in [6.45, 7) is 7.54. The highest BCUT2D eigenvalue weighted by atomic mass is 32.2. The molecule has 1 aromatic rings. The van der Waals surface area contributed by atoms with Crippen LogP contribution in [-0.4, -0.2) is 32.6 Å². The Morgan fingerprint density at radius 1 is 1.33 bits per heavy atom. The largest absolute Gasteiger partial charge is 0.495 e. The average molecular weight is 315 g/mol. The lowest BCUT2D eigenvalue weighted by atomic mass is 9.89. The summed E-state index contributed by atoms with van der Waals surface area (Å²) in [7, 11) is -2.50. The zero-order chi connectivity index (χ0) is 16.4. The fourth-order valence-electron chi connectivity index (χ4n) is 1.50. The minimum atomic E-state index is -3.80. The van der Waals surface area contributed by atoms with Gasteiger partial charge in [0.15, 0.2) is 0 Å². The maximum absolute atomic E-state index is 12.4. The fraction of sp³-hybridized carbons (Fsp3) is 0.500. The number of rotatable bonds is 5. The van der Waals surface area contributed by atoms with Gasteiger partial charge in [-0.15, -0.1) is 0 Å². The Labute approximate surface area is 125 Å². The van der Waals surface area contributed by atoms with Gasteiger partial charge in [-0.2, -0.15) is 0 Å². The Balaban J connectivity index is 3.23. The molecule has 0 aliphatic rings. The summed E-state index contributed by atoms with van der Waals surface area (Å²) in [6.07, 6.45) is 0. The van der Waals surface area contributed by atoms with Gasteiger partial charge < -0.3 is 9.84 Å². The van der Waals surface area contributed by atoms with Gasteiger partial charge in [0.25, 0.3) is 0 Å². The lowest BCUT2D eigenvalue weighted by molar-refractivity contribution is 0.0696. The molecule has 6 nitrogen and oxygen atoms in total. The molecule has 0 amide bonds. The zero-order valence-electron chi connectivity index (χ0n) is 12.8. The van der Waals surface area contributed by atoms with Crippen LogP contribution in [-0.2, 0) is 10.0 Å². The lowest BCUT2D eigenvalue weighted by Crippen LogP contribution is -2.41. The molecule has 0 heterocycles. The number of methoxy groups -OCH3 is 1. The number of hydrogen-bond acceptors (Lipinski definition) is 4. The molecular formula is C14H21NO5S. The number of carbonyl (C=O) groups is 1. The number of benzene rings is 1. The van der Waals surface area contributed by atoms with E-state index >= 15 is 0 Å². The molecule has 0 fully saturated rings. The van der Waals surface area contributed by atoms with Crippen LogP contribution in [0.4, 0.5) is 0 Å². The smallest absolute Gasteiger partial charge is 0.335 e. The molecule has 1 aromatic carbocycles. The molecule has 21 heavy (non-hydrogen) atoms. The molecule has 1 unspecified atom stereocenters. The monoisotopic (exact) mass is 315 g/mol. The molecule has 0 aliphatic carbocycles. The van der Waals surface area contributed by atoms with Crippen LogP contribution in [0.15, 0.2) is 23.1 Å². The van der Waals surface area contributed by atoms with Gasteiger partial charge in [0, 0.05) is 6.04 Å². The van der Waals surface area contributed by atoms with Gasteiger partial charge in [-0.05, 0) is 30.5 Å². The first-order valence-electron chi connectivity index (χ1n) is 6.42. The molecule has 0 bridgehead atoms. The van der Waals surface area contributed by atoms with Crippen molar-refractivity contribution in [3.05, 3.63) is 23.8 Å². The summed E-state index contributed by atoms with van der Waals surface area (Å²) in [5.41, 5.74) is -0.281. The SMILES string of the molecule is COc1cc(C(=O)O)ccc1S(=O)(=O)NC(C)C(C)(C)C. The van der Waals surface area contributed by atoms with E-state index in [4.69, 9.17) is 9.84 Å². The van der Waals surface area contributed by atoms with Gasteiger partial charge in [0.05, 0.1) is 12.7 Å². The Kier molecular flexibility index (Phi) is 5.01. The van der Waals surface area contributed by atoms with Crippen molar-refractivity contribution in [2.24, 2.45) is 5.41 Å². The van der Waals surface area contributed by atoms with Crippen molar-refractivity contribution in [1.82, 2.24) is 4.72 Å². The van der Waals surface area contributed by atoms with E-state index in [0.717, 1.165) is 0 Å². The van der Waals surface area contributed by atoms with Crippen LogP contribution >= 0.6 is 0 Å². The molecule has 0 saturated carbocycles. The second-order valence-electron chi connectivity index (χ2n) is 5.88. The molecule has 0 spiro atoms. The zero-order valence-corrected chi connectivity index (χ0v) is 13.6. The molecule has 0 saturated heterocycles. The van der Waals surface area contributed by atoms with Gasteiger partial charge in [0.1, 0.15) is 10.6 Å². The quantitative estimate of drug-likeness (QED) is 0.868. The molecule has 1 atom stereocenters. The van der Waals surface area contributed by atoms with Gasteiger partial charge >= 0.3 is 5.97 Å². The average Bonchev–Trinajstić information content (AvgIpc) is 2.36. The molecule has 2 N–H and O–H groups in total. The van der Waals surface area contributed by atoms with Gasteiger partial charge in [-0.25, -0.2) is 17.9 Å². The molecule has 0 aliphatic heterocycles. The molecule has 7 heteroatoms. The summed E-state index contributed by atoms with van der Waals surface area (Å²) in [5, 5.41) is 8.93. The highest BCUT2D eigenvalue weighted by Crippen LogP contribution is 2.27. The Morgan fingerprint density at radius 2 is 1.90 bits per heavy atom. The third-order valence-corrected chi connectivity index (χ3v) is 4.91. The summed E-state index contributed by atoms with van der Waals surface area (Å²) in [5.74, 6) is -1.14. The van der Waals surface area contributed by atoms with Crippen LogP contribution in [0.3, 0.4) is 0 Å². The third-order valence-electron chi connectivity index (χ3n) is 3.33. The Morgan fingerprint density at radius 3 is 2.33 bits per heavy atom. The fourth-order valence-corrected chi connectivity index (χ4v) is 3.10. The van der Waals surface area contributed by atoms with Crippen molar-refractivity contribution in [2.45, 2.75) is 38.6 Å². The van der Waals surface area contributed by atoms with Crippen LogP contribution < -0.4 is 9.46 Å². The van der Waals surface area contributed by atoms with Crippen molar-refractivity contribution in [1.29, 1.82) is 0 Å². The molecular weight excluding hydrogens is 294 g/mol. The van der Waals surface area contributed by atoms with Crippen LogP contribution in [0.2, 0.25) is 0 Å². The number of carboxylic acid groups (broad SMARTS) is 1. The van der Waals surface area contributed by atoms with E-state index in [-0.39, 0.29) is 27.7 Å². The van der Waals surface area contributed by atoms with E-state index in [2.05, 4.69) is 4.72 Å². The number of hydrogen-bond donors (Lipinski definition) is 2. The second-order valence-corrected chi connectivity index (χ2v) is 7.56. The Hall–Kier alpha value is -1.60. The van der Waals surface area contributed by atoms with E-state index in [1.165, 1.54) is 25.3 Å². The minimum absolute atomic E-state index is 0.00325. The lowest BCUT2D eigenvalue weighted by Gasteiger charge is -2.28. The number of carboxylic acids is 1. The summed E-state index contributed by atoms with van der Waals surface area (Å²) in [4.78, 5) is 10.8. The predicted octanol–water partition coefficient (Wildman–Crippen LogP) is 2.11. The van der Waals surface area contributed by atoms with E-state index in [9.17, 15) is 13.2 Å². The van der Waals surface area contributed by atoms with Crippen LogP contribution in [0.1, 0.15) is 38.1 Å². The normalized spacial score (nSPS) is 13.8. The third kappa shape index (κ3) is 4.18. The highest BCUT2D eigenvalue weighted by Gasteiger charge is 2.28. The second kappa shape index (κ2) is 6.03. The van der Waals surface area contributed by atoms with Crippen molar-refractivity contribution in [2.75, 3.05) is 7.11 Å². The molecule has 0 radical (unpaired) electrons. The number of ether oxygens (including phenoxy) is 1. The first kappa shape index (κ1) is 17.5. The van der Waals surface area contributed by atoms with Crippen molar-refractivity contribution in [3.63, 3.8) is 0 Å². The van der Waals surface area contributed by atoms with E-state index in [1.807, 2.05) is 20.8 Å². The number of nitrogens with one attached hydrogen (secondary N) is 1. The van der Waals surface area contributed by atoms with Gasteiger partial charge in [-0.1, -0.05) is 20.8 Å². The van der Waals surface area contributed by atoms with Crippen LogP contribution in [0.25, 0.3) is 0 Å². The van der Waals surface area contributed by atoms with Crippen LogP contribution in [0, 0.1) is 5.41 Å². The summed E-state index contributed by atoms with van der Waals surface area (Å²) in [6, 6.07) is 3.37. The van der Waals surface area contributed by atoms with E-state index in [1.54, 1.807) is 6.92 Å². The van der Waals surface area contributed by atoms with E-state index in [0.29, 0.717) is 0 Å². The molecule has 118 valence electrons. The summed E-state index contributed by atoms with van der Waals surface area (Å²) >= 11 is 0. The number of aromatic carboxylic acids is 1. The van der Waals surface area contributed by atoms with Gasteiger partial charge in [-0.3, -0.25) is 0 Å². The van der Waals surface area contributed by atoms with Crippen molar-refractivity contribution in [3.8, 4) is 5.75 Å². The molecule has 0 aromatic heterocycles. The summed E-state index contributed by atoms with van der Waals surface area (Å²) < 4.78 is 32.4. The van der Waals surface area contributed by atoms with Crippen molar-refractivity contribution < 1.29 is 23.1 Å². The highest BCUT2D eigenvalue weighted by molar-refractivity contribution is 7.89. The van der Waals surface area contributed by atoms with E-state index < -0.39 is 16.0 Å². The minimum Gasteiger partial charge on any atom is -0.495 e. The Bertz CT molecular complexity index is 631. The standard InChI is InChI=1S/C14H21NO5S/c1-9(14(2,3)4)15-21(18,19)12-7-6-10(13(16)17)8-11(12)20-5/h6-9,15H,1-5H3,(H,16,17). The predicted molar refractivity (Wildman–Crippen MR) is 79.2 cm³/mol. The first-order valence-corrected chi connectivity index (χ1v) is 7.91. The number of sulfonamides is 1. The van der Waals surface area contributed by atoms with Gasteiger partial charge in [0.2, 0.25) is 10.0 Å². The maximum Gasteiger partial charge on any atom is 0.335 e. The van der Waals surface area contributed by atoms with Crippen LogP contribution in [0.5, 0.6) is 5.75 Å². The van der Waals surface area contributed by atoms with Crippen molar-refractivity contribution >= 4 is 16.0 Å². The topological polar surface area (TPSA) is 92.7 Å².